The smallest absolute Gasteiger partial charge is 0.291 e. The van der Waals surface area contributed by atoms with E-state index in [-0.39, 0.29) is 24.0 Å². The van der Waals surface area contributed by atoms with E-state index in [1.54, 1.807) is 53.2 Å². The van der Waals surface area contributed by atoms with E-state index in [2.05, 4.69) is 10.4 Å². The first-order valence-electron chi connectivity index (χ1n) is 10.7. The first-order chi connectivity index (χ1) is 16.3. The van der Waals surface area contributed by atoms with Crippen LogP contribution in [0.1, 0.15) is 50.5 Å². The zero-order valence-corrected chi connectivity index (χ0v) is 19.1. The minimum Gasteiger partial charge on any atom is -0.486 e. The van der Waals surface area contributed by atoms with Gasteiger partial charge in [-0.25, -0.2) is 4.39 Å². The molecule has 2 aromatic carbocycles. The van der Waals surface area contributed by atoms with Crippen LogP contribution in [-0.4, -0.2) is 21.5 Å². The van der Waals surface area contributed by atoms with Crippen LogP contribution in [0.5, 0.6) is 5.75 Å². The molecule has 0 fully saturated rings. The van der Waals surface area contributed by atoms with Crippen LogP contribution in [0.4, 0.5) is 10.1 Å². The third kappa shape index (κ3) is 5.23. The summed E-state index contributed by atoms with van der Waals surface area (Å²) in [5.74, 6) is 0.521. The van der Waals surface area contributed by atoms with Crippen LogP contribution in [-0.2, 0) is 13.2 Å². The van der Waals surface area contributed by atoms with E-state index in [4.69, 9.17) is 9.15 Å². The number of anilines is 1. The van der Waals surface area contributed by atoms with Crippen molar-refractivity contribution in [2.24, 2.45) is 0 Å². The SMILES string of the molecule is CC(=O)c1ccc(OCc2ccc(C(=O)Nc3c(C)nn(Cc4ccc(F)cc4)c3C)o2)cc1. The van der Waals surface area contributed by atoms with Gasteiger partial charge in [-0.05, 0) is 74.9 Å². The van der Waals surface area contributed by atoms with Crippen molar-refractivity contribution in [1.82, 2.24) is 9.78 Å². The quantitative estimate of drug-likeness (QED) is 0.359. The van der Waals surface area contributed by atoms with E-state index >= 15 is 0 Å². The van der Waals surface area contributed by atoms with Crippen LogP contribution in [0, 0.1) is 19.7 Å². The van der Waals surface area contributed by atoms with Crippen molar-refractivity contribution in [3.63, 3.8) is 0 Å². The number of hydrogen-bond donors (Lipinski definition) is 1. The maximum atomic E-state index is 13.2. The van der Waals surface area contributed by atoms with E-state index in [1.807, 2.05) is 13.8 Å². The van der Waals surface area contributed by atoms with Gasteiger partial charge in [-0.2, -0.15) is 5.10 Å². The summed E-state index contributed by atoms with van der Waals surface area (Å²) in [4.78, 5) is 24.1. The van der Waals surface area contributed by atoms with Crippen molar-refractivity contribution in [1.29, 1.82) is 0 Å². The third-order valence-corrected chi connectivity index (χ3v) is 5.39. The number of aryl methyl sites for hydroxylation is 1. The van der Waals surface area contributed by atoms with E-state index in [0.29, 0.717) is 35.0 Å². The lowest BCUT2D eigenvalue weighted by Crippen LogP contribution is -2.12. The molecule has 0 bridgehead atoms. The molecule has 0 saturated carbocycles. The first kappa shape index (κ1) is 23.0. The summed E-state index contributed by atoms with van der Waals surface area (Å²) in [7, 11) is 0. The number of carbonyl (C=O) groups is 2. The number of ether oxygens (including phenoxy) is 1. The summed E-state index contributed by atoms with van der Waals surface area (Å²) in [5.41, 5.74) is 3.55. The molecule has 4 aromatic rings. The zero-order valence-electron chi connectivity index (χ0n) is 19.1. The molecule has 7 nitrogen and oxygen atoms in total. The molecule has 0 spiro atoms. The molecule has 0 aliphatic heterocycles. The number of nitrogens with zero attached hydrogens (tertiary/aromatic N) is 2. The van der Waals surface area contributed by atoms with E-state index in [1.165, 1.54) is 19.1 Å². The molecule has 0 aliphatic rings. The predicted molar refractivity (Wildman–Crippen MR) is 125 cm³/mol. The number of ketones is 1. The van der Waals surface area contributed by atoms with Gasteiger partial charge < -0.3 is 14.5 Å². The molecule has 2 heterocycles. The lowest BCUT2D eigenvalue weighted by molar-refractivity contribution is 0.0990. The van der Waals surface area contributed by atoms with Crippen LogP contribution in [0.3, 0.4) is 0 Å². The second-order valence-electron chi connectivity index (χ2n) is 7.92. The molecule has 1 N–H and O–H groups in total. The Morgan fingerprint density at radius 1 is 1.03 bits per heavy atom. The van der Waals surface area contributed by atoms with Crippen molar-refractivity contribution in [2.45, 2.75) is 33.9 Å². The Morgan fingerprint density at radius 3 is 2.41 bits per heavy atom. The Bertz CT molecular complexity index is 1320. The lowest BCUT2D eigenvalue weighted by atomic mass is 10.1. The third-order valence-electron chi connectivity index (χ3n) is 5.39. The average molecular weight is 461 g/mol. The Morgan fingerprint density at radius 2 is 1.74 bits per heavy atom. The van der Waals surface area contributed by atoms with Gasteiger partial charge in [0.1, 0.15) is 23.9 Å². The van der Waals surface area contributed by atoms with Gasteiger partial charge in [0.2, 0.25) is 0 Å². The summed E-state index contributed by atoms with van der Waals surface area (Å²) in [5, 5.41) is 7.36. The van der Waals surface area contributed by atoms with Crippen molar-refractivity contribution in [3.05, 3.63) is 101 Å². The fourth-order valence-corrected chi connectivity index (χ4v) is 3.49. The molecule has 0 unspecified atom stereocenters. The number of carbonyl (C=O) groups excluding carboxylic acids is 2. The van der Waals surface area contributed by atoms with E-state index in [0.717, 1.165) is 11.3 Å². The second-order valence-corrected chi connectivity index (χ2v) is 7.92. The minimum absolute atomic E-state index is 0.0142. The molecule has 0 saturated heterocycles. The van der Waals surface area contributed by atoms with Crippen LogP contribution in [0.2, 0.25) is 0 Å². The number of nitrogens with one attached hydrogen (secondary N) is 1. The highest BCUT2D eigenvalue weighted by Gasteiger charge is 2.18. The van der Waals surface area contributed by atoms with Crippen LogP contribution in [0.15, 0.2) is 65.1 Å². The lowest BCUT2D eigenvalue weighted by Gasteiger charge is -2.07. The van der Waals surface area contributed by atoms with Gasteiger partial charge in [-0.3, -0.25) is 14.3 Å². The molecule has 0 radical (unpaired) electrons. The average Bonchev–Trinajstić information content (AvgIpc) is 3.40. The van der Waals surface area contributed by atoms with Crippen LogP contribution >= 0.6 is 0 Å². The molecular weight excluding hydrogens is 437 g/mol. The molecular formula is C26H24FN3O4. The highest BCUT2D eigenvalue weighted by molar-refractivity contribution is 6.03. The summed E-state index contributed by atoms with van der Waals surface area (Å²) < 4.78 is 26.2. The number of furan rings is 1. The minimum atomic E-state index is -0.399. The van der Waals surface area contributed by atoms with Crippen LogP contribution < -0.4 is 10.1 Å². The van der Waals surface area contributed by atoms with Gasteiger partial charge >= 0.3 is 0 Å². The summed E-state index contributed by atoms with van der Waals surface area (Å²) in [6.45, 7) is 5.77. The standard InChI is InChI=1S/C26H24FN3O4/c1-16-25(17(2)30(29-16)14-19-4-8-21(27)9-5-19)28-26(32)24-13-12-23(34-24)15-33-22-10-6-20(7-11-22)18(3)31/h4-13H,14-15H2,1-3H3,(H,28,32). The van der Waals surface area contributed by atoms with Gasteiger partial charge in [0.25, 0.3) is 5.91 Å². The van der Waals surface area contributed by atoms with E-state index in [9.17, 15) is 14.0 Å². The highest BCUT2D eigenvalue weighted by atomic mass is 19.1. The second kappa shape index (κ2) is 9.74. The Labute approximate surface area is 196 Å². The van der Waals surface area contributed by atoms with Crippen molar-refractivity contribution >= 4 is 17.4 Å². The summed E-state index contributed by atoms with van der Waals surface area (Å²) >= 11 is 0. The Balaban J connectivity index is 1.39. The van der Waals surface area contributed by atoms with Gasteiger partial charge in [-0.15, -0.1) is 0 Å². The topological polar surface area (TPSA) is 86.4 Å². The fourth-order valence-electron chi connectivity index (χ4n) is 3.49. The largest absolute Gasteiger partial charge is 0.486 e. The van der Waals surface area contributed by atoms with Crippen molar-refractivity contribution in [3.8, 4) is 5.75 Å². The molecule has 8 heteroatoms. The number of Topliss-reactive ketones (excluding diaryl/α,β-unsaturated/α-hetero) is 1. The molecule has 4 rings (SSSR count). The Kier molecular flexibility index (Phi) is 6.58. The summed E-state index contributed by atoms with van der Waals surface area (Å²) in [6.07, 6.45) is 0. The highest BCUT2D eigenvalue weighted by Crippen LogP contribution is 2.22. The molecule has 0 aliphatic carbocycles. The van der Waals surface area contributed by atoms with Gasteiger partial charge in [0.15, 0.2) is 11.5 Å². The normalized spacial score (nSPS) is 10.8. The fraction of sp³-hybridized carbons (Fsp3) is 0.192. The Hall–Kier alpha value is -4.20. The van der Waals surface area contributed by atoms with Gasteiger partial charge in [0, 0.05) is 5.56 Å². The monoisotopic (exact) mass is 461 g/mol. The molecule has 0 atom stereocenters. The first-order valence-corrected chi connectivity index (χ1v) is 10.7. The zero-order chi connectivity index (χ0) is 24.2. The van der Waals surface area contributed by atoms with Gasteiger partial charge in [-0.1, -0.05) is 12.1 Å². The molecule has 174 valence electrons. The van der Waals surface area contributed by atoms with Gasteiger partial charge in [0.05, 0.1) is 23.6 Å². The number of amides is 1. The number of halogens is 1. The summed E-state index contributed by atoms with van der Waals surface area (Å²) in [6, 6.07) is 16.3. The van der Waals surface area contributed by atoms with Crippen molar-refractivity contribution < 1.29 is 23.1 Å². The van der Waals surface area contributed by atoms with Crippen molar-refractivity contribution in [2.75, 3.05) is 5.32 Å². The van der Waals surface area contributed by atoms with E-state index < -0.39 is 5.91 Å². The molecule has 1 amide bonds. The number of hydrogen-bond acceptors (Lipinski definition) is 5. The maximum absolute atomic E-state index is 13.2. The van der Waals surface area contributed by atoms with Crippen LogP contribution in [0.25, 0.3) is 0 Å². The number of benzene rings is 2. The molecule has 34 heavy (non-hydrogen) atoms. The number of rotatable bonds is 8. The maximum Gasteiger partial charge on any atom is 0.291 e. The predicted octanol–water partition coefficient (Wildman–Crippen LogP) is 5.31. The number of aromatic nitrogens is 2. The molecule has 2 aromatic heterocycles.